The third-order valence-corrected chi connectivity index (χ3v) is 4.40. The molecule has 0 saturated carbocycles. The predicted molar refractivity (Wildman–Crippen MR) is 94.3 cm³/mol. The lowest BCUT2D eigenvalue weighted by Gasteiger charge is -2.01. The molecule has 0 bridgehead atoms. The fourth-order valence-corrected chi connectivity index (χ4v) is 3.04. The van der Waals surface area contributed by atoms with Gasteiger partial charge >= 0.3 is 5.97 Å². The number of carbonyl (C=O) groups excluding carboxylic acids is 1. The number of aromatic nitrogens is 3. The Kier molecular flexibility index (Phi) is 3.99. The summed E-state index contributed by atoms with van der Waals surface area (Å²) in [5.41, 5.74) is 3.37. The molecule has 0 unspecified atom stereocenters. The normalized spacial score (nSPS) is 10.9. The van der Waals surface area contributed by atoms with Crippen LogP contribution in [0, 0.1) is 0 Å². The van der Waals surface area contributed by atoms with E-state index in [4.69, 9.17) is 9.15 Å². The van der Waals surface area contributed by atoms with Crippen LogP contribution in [0.4, 0.5) is 0 Å². The molecule has 4 rings (SSSR count). The Balaban J connectivity index is 1.72. The summed E-state index contributed by atoms with van der Waals surface area (Å²) in [5.74, 6) is -0.0302. The zero-order chi connectivity index (χ0) is 17.2. The summed E-state index contributed by atoms with van der Waals surface area (Å²) in [7, 11) is 0. The third kappa shape index (κ3) is 3.01. The van der Waals surface area contributed by atoms with Crippen LogP contribution in [0.2, 0.25) is 0 Å². The van der Waals surface area contributed by atoms with Gasteiger partial charge in [-0.15, -0.1) is 0 Å². The molecule has 3 heterocycles. The molecule has 0 aliphatic carbocycles. The molecule has 1 aromatic carbocycles. The molecular weight excluding hydrogens is 338 g/mol. The molecule has 0 spiro atoms. The van der Waals surface area contributed by atoms with Crippen molar-refractivity contribution >= 4 is 28.6 Å². The minimum absolute atomic E-state index is 0.229. The first-order valence-electron chi connectivity index (χ1n) is 7.70. The number of oxazole rings is 1. The van der Waals surface area contributed by atoms with Gasteiger partial charge in [0.15, 0.2) is 5.58 Å². The summed E-state index contributed by atoms with van der Waals surface area (Å²) in [5, 5.41) is 0. The molecule has 25 heavy (non-hydrogen) atoms. The van der Waals surface area contributed by atoms with Crippen molar-refractivity contribution in [3.63, 3.8) is 0 Å². The van der Waals surface area contributed by atoms with E-state index in [1.54, 1.807) is 31.5 Å². The molecule has 124 valence electrons. The highest BCUT2D eigenvalue weighted by atomic mass is 32.1. The first-order valence-corrected chi connectivity index (χ1v) is 8.47. The van der Waals surface area contributed by atoms with Crippen LogP contribution in [-0.4, -0.2) is 26.9 Å². The average molecular weight is 351 g/mol. The summed E-state index contributed by atoms with van der Waals surface area (Å²) in [4.78, 5) is 21.5. The van der Waals surface area contributed by atoms with Crippen LogP contribution < -0.4 is 0 Å². The average Bonchev–Trinajstić information content (AvgIpc) is 3.31. The van der Waals surface area contributed by atoms with Crippen LogP contribution in [0.15, 0.2) is 53.2 Å². The monoisotopic (exact) mass is 351 g/mol. The summed E-state index contributed by atoms with van der Waals surface area (Å²) in [6.45, 7) is 2.05. The first kappa shape index (κ1) is 15.5. The van der Waals surface area contributed by atoms with Gasteiger partial charge in [-0.1, -0.05) is 0 Å². The van der Waals surface area contributed by atoms with E-state index in [0.717, 1.165) is 16.0 Å². The zero-order valence-electron chi connectivity index (χ0n) is 13.3. The van der Waals surface area contributed by atoms with Crippen LogP contribution >= 0.6 is 11.5 Å². The van der Waals surface area contributed by atoms with Crippen LogP contribution in [0.25, 0.3) is 33.0 Å². The standard InChI is InChI=1S/C18H13N3O3S/c1-2-23-18(22)14-10-12(5-7-19-14)17-21-13-9-11(3-4-15(13)24-17)16-6-8-20-25-16/h3-10H,2H2,1H3. The topological polar surface area (TPSA) is 78.1 Å². The number of fused-ring (bicyclic) bond motifs is 1. The Hall–Kier alpha value is -3.06. The van der Waals surface area contributed by atoms with Crippen LogP contribution in [0.5, 0.6) is 0 Å². The fourth-order valence-electron chi connectivity index (χ4n) is 2.45. The molecule has 0 N–H and O–H groups in total. The predicted octanol–water partition coefficient (Wildman–Crippen LogP) is 4.19. The van der Waals surface area contributed by atoms with Gasteiger partial charge in [-0.2, -0.15) is 0 Å². The number of benzene rings is 1. The number of ether oxygens (including phenoxy) is 1. The van der Waals surface area contributed by atoms with Crippen molar-refractivity contribution in [3.8, 4) is 21.9 Å². The molecule has 0 atom stereocenters. The minimum Gasteiger partial charge on any atom is -0.461 e. The van der Waals surface area contributed by atoms with E-state index >= 15 is 0 Å². The van der Waals surface area contributed by atoms with Crippen molar-refractivity contribution in [3.05, 3.63) is 54.5 Å². The number of esters is 1. The number of carbonyl (C=O) groups is 1. The number of nitrogens with zero attached hydrogens (tertiary/aromatic N) is 3. The molecule has 0 aliphatic heterocycles. The molecule has 0 aliphatic rings. The first-order chi connectivity index (χ1) is 12.2. The van der Waals surface area contributed by atoms with Gasteiger partial charge in [0.1, 0.15) is 11.2 Å². The van der Waals surface area contributed by atoms with E-state index in [9.17, 15) is 4.79 Å². The van der Waals surface area contributed by atoms with Crippen molar-refractivity contribution in [2.45, 2.75) is 6.92 Å². The van der Waals surface area contributed by atoms with Gasteiger partial charge in [0.05, 0.1) is 11.5 Å². The second-order valence-electron chi connectivity index (χ2n) is 5.23. The number of hydrogen-bond donors (Lipinski definition) is 0. The zero-order valence-corrected chi connectivity index (χ0v) is 14.1. The van der Waals surface area contributed by atoms with Gasteiger partial charge in [-0.3, -0.25) is 0 Å². The number of rotatable bonds is 4. The highest BCUT2D eigenvalue weighted by molar-refractivity contribution is 7.09. The molecule has 0 radical (unpaired) electrons. The van der Waals surface area contributed by atoms with Gasteiger partial charge in [0, 0.05) is 18.0 Å². The second-order valence-corrected chi connectivity index (χ2v) is 6.06. The van der Waals surface area contributed by atoms with Crippen molar-refractivity contribution in [2.24, 2.45) is 0 Å². The Bertz CT molecular complexity index is 1040. The van der Waals surface area contributed by atoms with Crippen LogP contribution in [-0.2, 0) is 4.74 Å². The lowest BCUT2D eigenvalue weighted by molar-refractivity contribution is 0.0519. The van der Waals surface area contributed by atoms with Gasteiger partial charge in [-0.25, -0.2) is 19.1 Å². The Morgan fingerprint density at radius 1 is 1.16 bits per heavy atom. The van der Waals surface area contributed by atoms with Crippen molar-refractivity contribution in [1.82, 2.24) is 14.3 Å². The minimum atomic E-state index is -0.465. The Morgan fingerprint density at radius 2 is 2.08 bits per heavy atom. The maximum atomic E-state index is 11.8. The SMILES string of the molecule is CCOC(=O)c1cc(-c2nc3cc(-c4ccns4)ccc3o2)ccn1. The summed E-state index contributed by atoms with van der Waals surface area (Å²) < 4.78 is 14.9. The van der Waals surface area contributed by atoms with Crippen molar-refractivity contribution in [1.29, 1.82) is 0 Å². The van der Waals surface area contributed by atoms with E-state index < -0.39 is 5.97 Å². The van der Waals surface area contributed by atoms with Crippen LogP contribution in [0.1, 0.15) is 17.4 Å². The quantitative estimate of drug-likeness (QED) is 0.513. The van der Waals surface area contributed by atoms with E-state index in [2.05, 4.69) is 14.3 Å². The molecular formula is C18H13N3O3S. The Labute approximate surface area is 147 Å². The van der Waals surface area contributed by atoms with Gasteiger partial charge in [0.25, 0.3) is 0 Å². The summed E-state index contributed by atoms with van der Waals surface area (Å²) >= 11 is 1.43. The smallest absolute Gasteiger partial charge is 0.356 e. The molecule has 4 aromatic rings. The van der Waals surface area contributed by atoms with Gasteiger partial charge in [0.2, 0.25) is 5.89 Å². The number of hydrogen-bond acceptors (Lipinski definition) is 7. The highest BCUT2D eigenvalue weighted by Gasteiger charge is 2.14. The van der Waals surface area contributed by atoms with Crippen molar-refractivity contribution < 1.29 is 13.9 Å². The van der Waals surface area contributed by atoms with Gasteiger partial charge in [-0.05, 0) is 60.4 Å². The van der Waals surface area contributed by atoms with Gasteiger partial charge < -0.3 is 9.15 Å². The lowest BCUT2D eigenvalue weighted by atomic mass is 10.2. The Morgan fingerprint density at radius 3 is 2.88 bits per heavy atom. The van der Waals surface area contributed by atoms with E-state index in [-0.39, 0.29) is 5.69 Å². The molecule has 7 heteroatoms. The third-order valence-electron chi connectivity index (χ3n) is 3.60. The van der Waals surface area contributed by atoms with Crippen LogP contribution in [0.3, 0.4) is 0 Å². The second kappa shape index (κ2) is 6.45. The lowest BCUT2D eigenvalue weighted by Crippen LogP contribution is -2.06. The summed E-state index contributed by atoms with van der Waals surface area (Å²) in [6.07, 6.45) is 3.31. The molecule has 6 nitrogen and oxygen atoms in total. The summed E-state index contributed by atoms with van der Waals surface area (Å²) in [6, 6.07) is 11.1. The molecule has 0 amide bonds. The molecule has 3 aromatic heterocycles. The molecule has 0 fully saturated rings. The van der Waals surface area contributed by atoms with E-state index in [0.29, 0.717) is 23.6 Å². The van der Waals surface area contributed by atoms with E-state index in [1.807, 2.05) is 24.3 Å². The van der Waals surface area contributed by atoms with E-state index in [1.165, 1.54) is 11.5 Å². The maximum absolute atomic E-state index is 11.8. The maximum Gasteiger partial charge on any atom is 0.356 e. The highest BCUT2D eigenvalue weighted by Crippen LogP contribution is 2.29. The molecule has 0 saturated heterocycles. The van der Waals surface area contributed by atoms with Crippen molar-refractivity contribution in [2.75, 3.05) is 6.61 Å². The fraction of sp³-hybridized carbons (Fsp3) is 0.111. The largest absolute Gasteiger partial charge is 0.461 e. The number of pyridine rings is 1.